The van der Waals surface area contributed by atoms with Crippen LogP contribution in [0.4, 0.5) is 0 Å². The van der Waals surface area contributed by atoms with Crippen LogP contribution in [0.2, 0.25) is 0 Å². The summed E-state index contributed by atoms with van der Waals surface area (Å²) in [6, 6.07) is 6.56. The molecule has 1 N–H and O–H groups in total. The van der Waals surface area contributed by atoms with Gasteiger partial charge in [-0.25, -0.2) is 0 Å². The van der Waals surface area contributed by atoms with Crippen LogP contribution in [-0.2, 0) is 0 Å². The molecule has 2 aliphatic carbocycles. The van der Waals surface area contributed by atoms with Gasteiger partial charge in [0.1, 0.15) is 11.5 Å². The van der Waals surface area contributed by atoms with Gasteiger partial charge >= 0.3 is 0 Å². The molecule has 0 saturated heterocycles. The molecule has 0 heterocycles. The van der Waals surface area contributed by atoms with Crippen molar-refractivity contribution in [3.8, 4) is 11.5 Å². The fraction of sp³-hybridized carbons (Fsp3) is 0.667. The fourth-order valence-electron chi connectivity index (χ4n) is 4.30. The number of hydrogen-bond acceptors (Lipinski definition) is 3. The lowest BCUT2D eigenvalue weighted by atomic mass is 9.98. The van der Waals surface area contributed by atoms with E-state index in [-0.39, 0.29) is 0 Å². The summed E-state index contributed by atoms with van der Waals surface area (Å²) in [6.45, 7) is 3.17. The lowest BCUT2D eigenvalue weighted by Crippen LogP contribution is -2.24. The predicted molar refractivity (Wildman–Crippen MR) is 84.9 cm³/mol. The molecule has 1 aromatic rings. The molecule has 2 fully saturated rings. The number of methoxy groups -OCH3 is 2. The molecule has 0 bridgehead atoms. The number of fused-ring (bicyclic) bond motifs is 1. The van der Waals surface area contributed by atoms with Gasteiger partial charge in [-0.1, -0.05) is 19.8 Å². The summed E-state index contributed by atoms with van der Waals surface area (Å²) in [6.07, 6.45) is 5.63. The second-order valence-corrected chi connectivity index (χ2v) is 6.33. The molecule has 0 amide bonds. The van der Waals surface area contributed by atoms with Crippen LogP contribution in [0.1, 0.15) is 44.2 Å². The highest BCUT2D eigenvalue weighted by atomic mass is 16.5. The molecule has 2 saturated carbocycles. The van der Waals surface area contributed by atoms with Gasteiger partial charge in [-0.2, -0.15) is 0 Å². The Balaban J connectivity index is 1.90. The average Bonchev–Trinajstić information content (AvgIpc) is 3.26. The second-order valence-electron chi connectivity index (χ2n) is 6.33. The van der Waals surface area contributed by atoms with Gasteiger partial charge < -0.3 is 14.8 Å². The second kappa shape index (κ2) is 6.27. The number of benzene rings is 1. The average molecular weight is 289 g/mol. The zero-order valence-electron chi connectivity index (χ0n) is 13.4. The molecule has 0 aliphatic heterocycles. The third kappa shape index (κ3) is 2.76. The zero-order valence-corrected chi connectivity index (χ0v) is 13.4. The van der Waals surface area contributed by atoms with Crippen LogP contribution in [0.15, 0.2) is 18.2 Å². The third-order valence-corrected chi connectivity index (χ3v) is 5.30. The van der Waals surface area contributed by atoms with E-state index in [1.165, 1.54) is 31.2 Å². The number of ether oxygens (including phenoxy) is 2. The summed E-state index contributed by atoms with van der Waals surface area (Å²) in [4.78, 5) is 0. The first kappa shape index (κ1) is 14.7. The maximum atomic E-state index is 5.61. The minimum Gasteiger partial charge on any atom is -0.497 e. The van der Waals surface area contributed by atoms with Gasteiger partial charge in [-0.05, 0) is 55.3 Å². The highest BCUT2D eigenvalue weighted by molar-refractivity contribution is 5.43. The van der Waals surface area contributed by atoms with E-state index in [2.05, 4.69) is 18.3 Å². The molecule has 0 aromatic heterocycles. The van der Waals surface area contributed by atoms with Gasteiger partial charge in [0.05, 0.1) is 14.2 Å². The Morgan fingerprint density at radius 3 is 2.43 bits per heavy atom. The maximum absolute atomic E-state index is 5.61. The van der Waals surface area contributed by atoms with Gasteiger partial charge in [-0.3, -0.25) is 0 Å². The third-order valence-electron chi connectivity index (χ3n) is 5.30. The molecule has 1 aromatic carbocycles. The first-order valence-electron chi connectivity index (χ1n) is 8.25. The molecule has 21 heavy (non-hydrogen) atoms. The van der Waals surface area contributed by atoms with Crippen molar-refractivity contribution in [2.24, 2.45) is 17.8 Å². The van der Waals surface area contributed by atoms with E-state index in [0.29, 0.717) is 6.04 Å². The van der Waals surface area contributed by atoms with Crippen LogP contribution in [0.5, 0.6) is 11.5 Å². The highest BCUT2D eigenvalue weighted by Crippen LogP contribution is 2.61. The summed E-state index contributed by atoms with van der Waals surface area (Å²) in [5.74, 6) is 4.49. The lowest BCUT2D eigenvalue weighted by molar-refractivity contribution is 0.378. The molecule has 116 valence electrons. The molecular formula is C18H27NO2. The van der Waals surface area contributed by atoms with Crippen molar-refractivity contribution in [2.45, 2.75) is 38.6 Å². The van der Waals surface area contributed by atoms with Crippen molar-refractivity contribution >= 4 is 0 Å². The largest absolute Gasteiger partial charge is 0.497 e. The van der Waals surface area contributed by atoms with Gasteiger partial charge in [0.2, 0.25) is 0 Å². The van der Waals surface area contributed by atoms with Gasteiger partial charge in [-0.15, -0.1) is 0 Å². The Morgan fingerprint density at radius 1 is 1.14 bits per heavy atom. The van der Waals surface area contributed by atoms with E-state index >= 15 is 0 Å². The summed E-state index contributed by atoms with van der Waals surface area (Å²) in [5.41, 5.74) is 1.26. The SMILES string of the molecule is CCNC(c1cc(OC)ccc1OC)C1C2CCCCC21. The first-order valence-corrected chi connectivity index (χ1v) is 8.25. The van der Waals surface area contributed by atoms with Crippen LogP contribution in [-0.4, -0.2) is 20.8 Å². The Hall–Kier alpha value is -1.22. The van der Waals surface area contributed by atoms with E-state index in [0.717, 1.165) is 35.8 Å². The van der Waals surface area contributed by atoms with Crippen LogP contribution < -0.4 is 14.8 Å². The number of rotatable bonds is 6. The van der Waals surface area contributed by atoms with Crippen molar-refractivity contribution < 1.29 is 9.47 Å². The Morgan fingerprint density at radius 2 is 1.86 bits per heavy atom. The van der Waals surface area contributed by atoms with E-state index in [9.17, 15) is 0 Å². The van der Waals surface area contributed by atoms with E-state index in [1.54, 1.807) is 14.2 Å². The summed E-state index contributed by atoms with van der Waals surface area (Å²) in [7, 11) is 3.49. The molecule has 3 heteroatoms. The summed E-state index contributed by atoms with van der Waals surface area (Å²) >= 11 is 0. The van der Waals surface area contributed by atoms with Gasteiger partial charge in [0.25, 0.3) is 0 Å². The Labute approximate surface area is 128 Å². The highest BCUT2D eigenvalue weighted by Gasteiger charge is 2.54. The van der Waals surface area contributed by atoms with Crippen molar-refractivity contribution in [1.82, 2.24) is 5.32 Å². The molecule has 3 unspecified atom stereocenters. The lowest BCUT2D eigenvalue weighted by Gasteiger charge is -2.22. The minimum absolute atomic E-state index is 0.396. The van der Waals surface area contributed by atoms with E-state index in [1.807, 2.05) is 12.1 Å². The van der Waals surface area contributed by atoms with Crippen molar-refractivity contribution in [2.75, 3.05) is 20.8 Å². The van der Waals surface area contributed by atoms with Crippen molar-refractivity contribution in [3.63, 3.8) is 0 Å². The summed E-state index contributed by atoms with van der Waals surface area (Å²) < 4.78 is 11.0. The quantitative estimate of drug-likeness (QED) is 0.864. The zero-order chi connectivity index (χ0) is 14.8. The van der Waals surface area contributed by atoms with Crippen LogP contribution in [0, 0.1) is 17.8 Å². The normalized spacial score (nSPS) is 28.6. The molecule has 0 radical (unpaired) electrons. The topological polar surface area (TPSA) is 30.5 Å². The molecule has 3 atom stereocenters. The predicted octanol–water partition coefficient (Wildman–Crippen LogP) is 3.79. The Kier molecular flexibility index (Phi) is 4.39. The monoisotopic (exact) mass is 289 g/mol. The maximum Gasteiger partial charge on any atom is 0.123 e. The minimum atomic E-state index is 0.396. The number of hydrogen-bond donors (Lipinski definition) is 1. The first-order chi connectivity index (χ1) is 10.3. The molecule has 3 rings (SSSR count). The van der Waals surface area contributed by atoms with Crippen LogP contribution in [0.25, 0.3) is 0 Å². The van der Waals surface area contributed by atoms with E-state index < -0.39 is 0 Å². The van der Waals surface area contributed by atoms with Crippen LogP contribution >= 0.6 is 0 Å². The molecular weight excluding hydrogens is 262 g/mol. The molecule has 2 aliphatic rings. The number of nitrogens with one attached hydrogen (secondary N) is 1. The molecule has 0 spiro atoms. The Bertz CT molecular complexity index is 476. The smallest absolute Gasteiger partial charge is 0.123 e. The van der Waals surface area contributed by atoms with E-state index in [4.69, 9.17) is 9.47 Å². The molecule has 3 nitrogen and oxygen atoms in total. The summed E-state index contributed by atoms with van der Waals surface area (Å²) in [5, 5.41) is 3.71. The van der Waals surface area contributed by atoms with Gasteiger partial charge in [0.15, 0.2) is 0 Å². The van der Waals surface area contributed by atoms with Crippen LogP contribution in [0.3, 0.4) is 0 Å². The van der Waals surface area contributed by atoms with Gasteiger partial charge in [0, 0.05) is 11.6 Å². The van der Waals surface area contributed by atoms with Crippen molar-refractivity contribution in [3.05, 3.63) is 23.8 Å². The standard InChI is InChI=1S/C18H27NO2/c1-4-19-18(17-13-7-5-6-8-14(13)17)15-11-12(20-2)9-10-16(15)21-3/h9-11,13-14,17-19H,4-8H2,1-3H3. The fourth-order valence-corrected chi connectivity index (χ4v) is 4.30. The van der Waals surface area contributed by atoms with Crippen molar-refractivity contribution in [1.29, 1.82) is 0 Å².